The number of fused-ring (bicyclic) bond motifs is 2. The van der Waals surface area contributed by atoms with Gasteiger partial charge in [-0.3, -0.25) is 9.58 Å². The van der Waals surface area contributed by atoms with Crippen molar-refractivity contribution < 1.29 is 0 Å². The van der Waals surface area contributed by atoms with Crippen LogP contribution in [0.25, 0.3) is 0 Å². The zero-order valence-electron chi connectivity index (χ0n) is 16.0. The van der Waals surface area contributed by atoms with Gasteiger partial charge in [-0.2, -0.15) is 15.3 Å². The van der Waals surface area contributed by atoms with Crippen molar-refractivity contribution in [2.45, 2.75) is 36.9 Å². The molecular weight excluding hydrogens is 354 g/mol. The first-order valence-corrected chi connectivity index (χ1v) is 9.87. The first-order valence-electron chi connectivity index (χ1n) is 9.87. The number of nitriles is 1. The van der Waals surface area contributed by atoms with E-state index in [9.17, 15) is 5.26 Å². The standard InChI is InChI=1S/C19H25N9/c1-26-9-14(8-23-26)24-18-22-7-4-17(25-18)27-10-15-2-3-16(11-27)28(15)19(5-6-20)12-21-13-19/h4,7-9,15-16,21H,2-3,5,10-13H2,1H3,(H,22,24,25)/t15-,16+. The molecule has 0 amide bonds. The van der Waals surface area contributed by atoms with E-state index in [0.29, 0.717) is 24.5 Å². The minimum absolute atomic E-state index is 0.0331. The molecule has 0 radical (unpaired) electrons. The van der Waals surface area contributed by atoms with Gasteiger partial charge in [-0.25, -0.2) is 4.98 Å². The molecule has 0 aliphatic carbocycles. The Labute approximate surface area is 164 Å². The number of nitrogens with zero attached hydrogens (tertiary/aromatic N) is 7. The first-order chi connectivity index (χ1) is 13.7. The third-order valence-corrected chi connectivity index (χ3v) is 6.27. The molecule has 2 bridgehead atoms. The largest absolute Gasteiger partial charge is 0.353 e. The Morgan fingerprint density at radius 3 is 2.71 bits per heavy atom. The maximum Gasteiger partial charge on any atom is 0.229 e. The molecule has 0 aromatic carbocycles. The number of rotatable bonds is 5. The van der Waals surface area contributed by atoms with E-state index in [1.165, 1.54) is 12.8 Å². The first kappa shape index (κ1) is 17.4. The van der Waals surface area contributed by atoms with E-state index in [1.807, 2.05) is 25.5 Å². The Morgan fingerprint density at radius 1 is 1.32 bits per heavy atom. The molecular formula is C19H25N9. The lowest BCUT2D eigenvalue weighted by Gasteiger charge is -2.56. The molecule has 5 rings (SSSR count). The second-order valence-corrected chi connectivity index (χ2v) is 8.13. The number of hydrogen-bond donors (Lipinski definition) is 2. The predicted molar refractivity (Wildman–Crippen MR) is 105 cm³/mol. The summed E-state index contributed by atoms with van der Waals surface area (Å²) in [5.41, 5.74) is 0.909. The van der Waals surface area contributed by atoms with Crippen molar-refractivity contribution in [3.05, 3.63) is 24.7 Å². The average Bonchev–Trinajstić information content (AvgIpc) is 3.18. The zero-order valence-corrected chi connectivity index (χ0v) is 16.0. The van der Waals surface area contributed by atoms with Crippen molar-refractivity contribution in [3.8, 4) is 6.07 Å². The van der Waals surface area contributed by atoms with Gasteiger partial charge in [0, 0.05) is 57.7 Å². The average molecular weight is 379 g/mol. The zero-order chi connectivity index (χ0) is 19.1. The van der Waals surface area contributed by atoms with Crippen LogP contribution < -0.4 is 15.5 Å². The van der Waals surface area contributed by atoms with Gasteiger partial charge in [0.25, 0.3) is 0 Å². The molecule has 3 aliphatic heterocycles. The smallest absolute Gasteiger partial charge is 0.229 e. The minimum Gasteiger partial charge on any atom is -0.353 e. The Kier molecular flexibility index (Phi) is 4.18. The van der Waals surface area contributed by atoms with E-state index in [1.54, 1.807) is 10.9 Å². The van der Waals surface area contributed by atoms with Gasteiger partial charge in [0.2, 0.25) is 5.95 Å². The summed E-state index contributed by atoms with van der Waals surface area (Å²) in [4.78, 5) is 14.1. The van der Waals surface area contributed by atoms with Gasteiger partial charge >= 0.3 is 0 Å². The number of hydrogen-bond acceptors (Lipinski definition) is 8. The van der Waals surface area contributed by atoms with Crippen LogP contribution in [0.5, 0.6) is 0 Å². The van der Waals surface area contributed by atoms with Crippen LogP contribution in [-0.2, 0) is 7.05 Å². The lowest BCUT2D eigenvalue weighted by molar-refractivity contribution is -0.00886. The van der Waals surface area contributed by atoms with Crippen molar-refractivity contribution >= 4 is 17.5 Å². The van der Waals surface area contributed by atoms with Crippen molar-refractivity contribution in [2.75, 3.05) is 36.4 Å². The van der Waals surface area contributed by atoms with E-state index in [-0.39, 0.29) is 5.54 Å². The van der Waals surface area contributed by atoms with Gasteiger partial charge in [-0.1, -0.05) is 0 Å². The fourth-order valence-corrected chi connectivity index (χ4v) is 5.02. The molecule has 5 heterocycles. The van der Waals surface area contributed by atoms with Gasteiger partial charge in [-0.15, -0.1) is 0 Å². The third kappa shape index (κ3) is 2.89. The van der Waals surface area contributed by atoms with E-state index in [2.05, 4.69) is 36.6 Å². The fraction of sp³-hybridized carbons (Fsp3) is 0.579. The van der Waals surface area contributed by atoms with E-state index in [0.717, 1.165) is 37.7 Å². The molecule has 28 heavy (non-hydrogen) atoms. The predicted octanol–water partition coefficient (Wildman–Crippen LogP) is 0.862. The fourth-order valence-electron chi connectivity index (χ4n) is 5.02. The number of piperazine rings is 1. The molecule has 2 aromatic heterocycles. The Balaban J connectivity index is 1.33. The Hall–Kier alpha value is -2.70. The second kappa shape index (κ2) is 6.72. The number of nitrogens with one attached hydrogen (secondary N) is 2. The molecule has 9 nitrogen and oxygen atoms in total. The number of anilines is 3. The quantitative estimate of drug-likeness (QED) is 0.790. The van der Waals surface area contributed by atoms with Crippen LogP contribution in [0.1, 0.15) is 19.3 Å². The summed E-state index contributed by atoms with van der Waals surface area (Å²) in [6.07, 6.45) is 8.47. The molecule has 0 spiro atoms. The second-order valence-electron chi connectivity index (χ2n) is 8.13. The highest BCUT2D eigenvalue weighted by Gasteiger charge is 2.53. The lowest BCUT2D eigenvalue weighted by atomic mass is 9.84. The summed E-state index contributed by atoms with van der Waals surface area (Å²) in [6.45, 7) is 3.76. The van der Waals surface area contributed by atoms with Crippen LogP contribution in [-0.4, -0.2) is 68.4 Å². The van der Waals surface area contributed by atoms with E-state index >= 15 is 0 Å². The monoisotopic (exact) mass is 379 g/mol. The summed E-state index contributed by atoms with van der Waals surface area (Å²) in [5, 5.41) is 20.1. The maximum absolute atomic E-state index is 9.33. The topological polar surface area (TPSA) is 97.9 Å². The SMILES string of the molecule is Cn1cc(Nc2nccc(N3C[C@H]4CC[C@@H](C3)N4C3(CC#N)CNC3)n2)cn1. The van der Waals surface area contributed by atoms with Crippen molar-refractivity contribution in [1.82, 2.24) is 30.0 Å². The third-order valence-electron chi connectivity index (χ3n) is 6.27. The van der Waals surface area contributed by atoms with Gasteiger partial charge in [0.1, 0.15) is 5.82 Å². The van der Waals surface area contributed by atoms with Crippen LogP contribution in [0.2, 0.25) is 0 Å². The van der Waals surface area contributed by atoms with Crippen LogP contribution >= 0.6 is 0 Å². The molecule has 3 fully saturated rings. The maximum atomic E-state index is 9.33. The number of aromatic nitrogens is 4. The molecule has 0 unspecified atom stereocenters. The summed E-state index contributed by atoms with van der Waals surface area (Å²) in [5.74, 6) is 1.54. The van der Waals surface area contributed by atoms with Crippen LogP contribution in [0.3, 0.4) is 0 Å². The Bertz CT molecular complexity index is 883. The van der Waals surface area contributed by atoms with Crippen molar-refractivity contribution in [2.24, 2.45) is 7.05 Å². The summed E-state index contributed by atoms with van der Waals surface area (Å²) >= 11 is 0. The summed E-state index contributed by atoms with van der Waals surface area (Å²) in [7, 11) is 1.88. The van der Waals surface area contributed by atoms with Gasteiger partial charge in [0.15, 0.2) is 0 Å². The molecule has 146 valence electrons. The highest BCUT2D eigenvalue weighted by molar-refractivity contribution is 5.53. The van der Waals surface area contributed by atoms with Crippen LogP contribution in [0, 0.1) is 11.3 Å². The molecule has 2 aromatic rings. The highest BCUT2D eigenvalue weighted by atomic mass is 15.4. The van der Waals surface area contributed by atoms with Crippen molar-refractivity contribution in [3.63, 3.8) is 0 Å². The molecule has 3 saturated heterocycles. The van der Waals surface area contributed by atoms with Crippen LogP contribution in [0.15, 0.2) is 24.7 Å². The summed E-state index contributed by atoms with van der Waals surface area (Å²) in [6, 6.07) is 5.38. The minimum atomic E-state index is 0.0331. The van der Waals surface area contributed by atoms with Crippen LogP contribution in [0.4, 0.5) is 17.5 Å². The lowest BCUT2D eigenvalue weighted by Crippen LogP contribution is -2.74. The molecule has 0 saturated carbocycles. The van der Waals surface area contributed by atoms with Gasteiger partial charge in [0.05, 0.1) is 29.9 Å². The highest BCUT2D eigenvalue weighted by Crippen LogP contribution is 2.40. The molecule has 3 aliphatic rings. The number of aryl methyl sites for hydroxylation is 1. The van der Waals surface area contributed by atoms with E-state index < -0.39 is 0 Å². The van der Waals surface area contributed by atoms with Crippen molar-refractivity contribution in [1.29, 1.82) is 5.26 Å². The van der Waals surface area contributed by atoms with Gasteiger partial charge < -0.3 is 15.5 Å². The molecule has 2 N–H and O–H groups in total. The normalized spacial score (nSPS) is 25.9. The van der Waals surface area contributed by atoms with Gasteiger partial charge in [-0.05, 0) is 18.9 Å². The molecule has 2 atom stereocenters. The Morgan fingerprint density at radius 2 is 2.11 bits per heavy atom. The van der Waals surface area contributed by atoms with E-state index in [4.69, 9.17) is 4.98 Å². The summed E-state index contributed by atoms with van der Waals surface area (Å²) < 4.78 is 1.75. The molecule has 9 heteroatoms.